The number of fused-ring (bicyclic) bond motifs is 2. The minimum absolute atomic E-state index is 0.0540. The fourth-order valence-corrected chi connectivity index (χ4v) is 3.98. The Morgan fingerprint density at radius 1 is 1.30 bits per heavy atom. The lowest BCUT2D eigenvalue weighted by molar-refractivity contribution is -0.141. The molecule has 2 aliphatic carbocycles. The number of nitrogens with one attached hydrogen (secondary N) is 1. The van der Waals surface area contributed by atoms with Gasteiger partial charge in [-0.3, -0.25) is 9.59 Å². The van der Waals surface area contributed by atoms with Gasteiger partial charge in [-0.25, -0.2) is 4.39 Å². The Hall–Kier alpha value is -1.71. The first kappa shape index (κ1) is 13.3. The van der Waals surface area contributed by atoms with Crippen LogP contribution in [0.4, 0.5) is 10.1 Å². The molecule has 2 unspecified atom stereocenters. The molecule has 0 spiro atoms. The van der Waals surface area contributed by atoms with Crippen molar-refractivity contribution in [1.82, 2.24) is 0 Å². The molecule has 1 aromatic carbocycles. The molecule has 3 rings (SSSR count). The van der Waals surface area contributed by atoms with Gasteiger partial charge < -0.3 is 5.32 Å². The van der Waals surface area contributed by atoms with Crippen LogP contribution in [0.2, 0.25) is 0 Å². The number of Topliss-reactive ketones (excluding diaryl/α,β-unsaturated/α-hetero) is 1. The first-order chi connectivity index (χ1) is 9.38. The van der Waals surface area contributed by atoms with Crippen LogP contribution in [0.15, 0.2) is 24.3 Å². The standard InChI is InChI=1S/C16H18FNO2/c1-15(2)10-7-8-16(15,13(19)9-10)14(20)18-12-5-3-11(17)4-6-12/h3-6,10H,7-9H2,1-2H3,(H,18,20). The summed E-state index contributed by atoms with van der Waals surface area (Å²) in [6.45, 7) is 4.03. The van der Waals surface area contributed by atoms with Gasteiger partial charge in [0.1, 0.15) is 17.0 Å². The van der Waals surface area contributed by atoms with E-state index in [9.17, 15) is 14.0 Å². The van der Waals surface area contributed by atoms with Crippen LogP contribution >= 0.6 is 0 Å². The maximum absolute atomic E-state index is 12.9. The average Bonchev–Trinajstić information content (AvgIpc) is 2.76. The molecule has 4 heteroatoms. The minimum Gasteiger partial charge on any atom is -0.325 e. The second-order valence-corrected chi connectivity index (χ2v) is 6.45. The molecule has 1 N–H and O–H groups in total. The molecule has 20 heavy (non-hydrogen) atoms. The zero-order valence-corrected chi connectivity index (χ0v) is 11.7. The van der Waals surface area contributed by atoms with Gasteiger partial charge in [-0.05, 0) is 48.4 Å². The van der Waals surface area contributed by atoms with Gasteiger partial charge in [0.15, 0.2) is 0 Å². The van der Waals surface area contributed by atoms with Crippen molar-refractivity contribution in [3.63, 3.8) is 0 Å². The van der Waals surface area contributed by atoms with Crippen LogP contribution in [0.5, 0.6) is 0 Å². The summed E-state index contributed by atoms with van der Waals surface area (Å²) in [7, 11) is 0. The van der Waals surface area contributed by atoms with E-state index in [-0.39, 0.29) is 22.9 Å². The summed E-state index contributed by atoms with van der Waals surface area (Å²) in [4.78, 5) is 25.0. The van der Waals surface area contributed by atoms with Crippen LogP contribution < -0.4 is 5.32 Å². The largest absolute Gasteiger partial charge is 0.325 e. The first-order valence-electron chi connectivity index (χ1n) is 6.98. The van der Waals surface area contributed by atoms with Crippen molar-refractivity contribution in [1.29, 1.82) is 0 Å². The zero-order chi connectivity index (χ0) is 14.5. The topological polar surface area (TPSA) is 46.2 Å². The number of hydrogen-bond acceptors (Lipinski definition) is 2. The Balaban J connectivity index is 1.90. The van der Waals surface area contributed by atoms with Gasteiger partial charge in [-0.1, -0.05) is 13.8 Å². The van der Waals surface area contributed by atoms with Crippen LogP contribution in [0.25, 0.3) is 0 Å². The van der Waals surface area contributed by atoms with Crippen molar-refractivity contribution in [3.8, 4) is 0 Å². The van der Waals surface area contributed by atoms with Crippen LogP contribution in [-0.2, 0) is 9.59 Å². The molecule has 1 aromatic rings. The highest BCUT2D eigenvalue weighted by Crippen LogP contribution is 2.64. The van der Waals surface area contributed by atoms with Gasteiger partial charge in [-0.15, -0.1) is 0 Å². The van der Waals surface area contributed by atoms with Crippen LogP contribution in [-0.4, -0.2) is 11.7 Å². The number of hydrogen-bond donors (Lipinski definition) is 1. The van der Waals surface area contributed by atoms with Crippen LogP contribution in [0, 0.1) is 22.6 Å². The third kappa shape index (κ3) is 1.57. The van der Waals surface area contributed by atoms with Gasteiger partial charge >= 0.3 is 0 Å². The summed E-state index contributed by atoms with van der Waals surface area (Å²) in [5, 5.41) is 2.79. The van der Waals surface area contributed by atoms with Crippen molar-refractivity contribution in [3.05, 3.63) is 30.1 Å². The Kier molecular flexibility index (Phi) is 2.75. The molecule has 0 saturated heterocycles. The first-order valence-corrected chi connectivity index (χ1v) is 6.98. The SMILES string of the molecule is CC1(C)C2CCC1(C(=O)Nc1ccc(F)cc1)C(=O)C2. The van der Waals surface area contributed by atoms with Gasteiger partial charge in [-0.2, -0.15) is 0 Å². The number of rotatable bonds is 2. The number of benzene rings is 1. The van der Waals surface area contributed by atoms with Gasteiger partial charge in [0, 0.05) is 12.1 Å². The monoisotopic (exact) mass is 275 g/mol. The van der Waals surface area contributed by atoms with Crippen molar-refractivity contribution in [2.24, 2.45) is 16.7 Å². The molecule has 2 bridgehead atoms. The lowest BCUT2D eigenvalue weighted by atomic mass is 9.68. The average molecular weight is 275 g/mol. The zero-order valence-electron chi connectivity index (χ0n) is 11.7. The Labute approximate surface area is 117 Å². The van der Waals surface area contributed by atoms with Crippen molar-refractivity contribution < 1.29 is 14.0 Å². The van der Waals surface area contributed by atoms with Gasteiger partial charge in [0.25, 0.3) is 0 Å². The molecule has 2 saturated carbocycles. The normalized spacial score (nSPS) is 30.6. The molecule has 0 aromatic heterocycles. The predicted octanol–water partition coefficient (Wildman–Crippen LogP) is 3.16. The van der Waals surface area contributed by atoms with E-state index >= 15 is 0 Å². The maximum Gasteiger partial charge on any atom is 0.238 e. The van der Waals surface area contributed by atoms with Crippen molar-refractivity contribution in [2.45, 2.75) is 33.1 Å². The molecular weight excluding hydrogens is 257 g/mol. The summed E-state index contributed by atoms with van der Waals surface area (Å²) in [6, 6.07) is 5.63. The number of carbonyl (C=O) groups is 2. The van der Waals surface area contributed by atoms with Crippen LogP contribution in [0.1, 0.15) is 33.1 Å². The van der Waals surface area contributed by atoms with Crippen LogP contribution in [0.3, 0.4) is 0 Å². The highest BCUT2D eigenvalue weighted by Gasteiger charge is 2.68. The van der Waals surface area contributed by atoms with E-state index in [2.05, 4.69) is 5.32 Å². The number of ketones is 1. The number of halogens is 1. The molecule has 3 nitrogen and oxygen atoms in total. The quantitative estimate of drug-likeness (QED) is 0.843. The molecule has 2 atom stereocenters. The third-order valence-electron chi connectivity index (χ3n) is 5.39. The fourth-order valence-electron chi connectivity index (χ4n) is 3.98. The minimum atomic E-state index is -0.911. The maximum atomic E-state index is 12.9. The van der Waals surface area contributed by atoms with E-state index in [1.165, 1.54) is 24.3 Å². The molecule has 1 amide bonds. The lowest BCUT2D eigenvalue weighted by Crippen LogP contribution is -2.46. The third-order valence-corrected chi connectivity index (χ3v) is 5.39. The molecule has 0 aliphatic heterocycles. The number of amides is 1. The highest BCUT2D eigenvalue weighted by molar-refractivity contribution is 6.14. The van der Waals surface area contributed by atoms with E-state index in [1.54, 1.807) is 0 Å². The molecule has 0 radical (unpaired) electrons. The van der Waals surface area contributed by atoms with E-state index in [1.807, 2.05) is 13.8 Å². The van der Waals surface area contributed by atoms with E-state index in [0.717, 1.165) is 6.42 Å². The molecule has 2 fully saturated rings. The molecule has 2 aliphatic rings. The van der Waals surface area contributed by atoms with E-state index in [4.69, 9.17) is 0 Å². The van der Waals surface area contributed by atoms with Crippen molar-refractivity contribution >= 4 is 17.4 Å². The predicted molar refractivity (Wildman–Crippen MR) is 73.6 cm³/mol. The summed E-state index contributed by atoms with van der Waals surface area (Å²) in [5.41, 5.74) is -0.676. The Morgan fingerprint density at radius 2 is 1.95 bits per heavy atom. The summed E-state index contributed by atoms with van der Waals surface area (Å²) < 4.78 is 12.9. The number of anilines is 1. The molecule has 106 valence electrons. The number of carbonyl (C=O) groups excluding carboxylic acids is 2. The van der Waals surface area contributed by atoms with E-state index in [0.29, 0.717) is 24.4 Å². The smallest absolute Gasteiger partial charge is 0.238 e. The summed E-state index contributed by atoms with van der Waals surface area (Å²) in [5.74, 6) is -0.231. The fraction of sp³-hybridized carbons (Fsp3) is 0.500. The second-order valence-electron chi connectivity index (χ2n) is 6.45. The molecule has 0 heterocycles. The molecular formula is C16H18FNO2. The Morgan fingerprint density at radius 3 is 2.45 bits per heavy atom. The lowest BCUT2D eigenvalue weighted by Gasteiger charge is -2.34. The second kappa shape index (κ2) is 4.14. The summed E-state index contributed by atoms with van der Waals surface area (Å²) >= 11 is 0. The van der Waals surface area contributed by atoms with Crippen molar-refractivity contribution in [2.75, 3.05) is 5.32 Å². The summed E-state index contributed by atoms with van der Waals surface area (Å²) in [6.07, 6.45) is 2.05. The van der Waals surface area contributed by atoms with E-state index < -0.39 is 5.41 Å². The van der Waals surface area contributed by atoms with Gasteiger partial charge in [0.2, 0.25) is 5.91 Å². The van der Waals surface area contributed by atoms with Gasteiger partial charge in [0.05, 0.1) is 0 Å². The highest BCUT2D eigenvalue weighted by atomic mass is 19.1. The Bertz CT molecular complexity index is 579.